The zero-order valence-electron chi connectivity index (χ0n) is 17.6. The van der Waals surface area contributed by atoms with Crippen molar-refractivity contribution in [3.8, 4) is 11.5 Å². The first kappa shape index (κ1) is 23.1. The van der Waals surface area contributed by atoms with Crippen molar-refractivity contribution in [1.29, 1.82) is 0 Å². The van der Waals surface area contributed by atoms with Crippen LogP contribution in [0.1, 0.15) is 26.3 Å². The van der Waals surface area contributed by atoms with E-state index in [0.717, 1.165) is 12.1 Å². The van der Waals surface area contributed by atoms with Gasteiger partial charge in [-0.3, -0.25) is 9.59 Å². The maximum absolute atomic E-state index is 12.9. The van der Waals surface area contributed by atoms with Crippen molar-refractivity contribution in [3.05, 3.63) is 95.3 Å². The zero-order valence-corrected chi connectivity index (χ0v) is 17.6. The van der Waals surface area contributed by atoms with Crippen LogP contribution in [0.2, 0.25) is 0 Å². The van der Waals surface area contributed by atoms with E-state index in [4.69, 9.17) is 9.47 Å². The normalized spacial score (nSPS) is 10.5. The van der Waals surface area contributed by atoms with Crippen molar-refractivity contribution in [3.63, 3.8) is 0 Å². The van der Waals surface area contributed by atoms with Gasteiger partial charge in [0.1, 0.15) is 5.82 Å². The molecule has 0 aromatic heterocycles. The van der Waals surface area contributed by atoms with Gasteiger partial charge in [0.2, 0.25) is 0 Å². The summed E-state index contributed by atoms with van der Waals surface area (Å²) in [6.45, 7) is -0.314. The van der Waals surface area contributed by atoms with E-state index in [1.54, 1.807) is 48.5 Å². The molecule has 33 heavy (non-hydrogen) atoms. The van der Waals surface area contributed by atoms with E-state index < -0.39 is 23.6 Å². The third-order valence-corrected chi connectivity index (χ3v) is 4.32. The Morgan fingerprint density at radius 1 is 0.939 bits per heavy atom. The van der Waals surface area contributed by atoms with Crippen molar-refractivity contribution >= 4 is 24.0 Å². The molecule has 0 aliphatic rings. The van der Waals surface area contributed by atoms with Crippen LogP contribution in [0.4, 0.5) is 4.39 Å². The molecule has 2 N–H and O–H groups in total. The summed E-state index contributed by atoms with van der Waals surface area (Å²) in [6, 6.07) is 18.2. The van der Waals surface area contributed by atoms with Gasteiger partial charge in [0.15, 0.2) is 11.5 Å². The first-order valence-electron chi connectivity index (χ1n) is 9.77. The van der Waals surface area contributed by atoms with Crippen LogP contribution in [-0.4, -0.2) is 37.7 Å². The van der Waals surface area contributed by atoms with E-state index in [-0.39, 0.29) is 17.9 Å². The van der Waals surface area contributed by atoms with E-state index in [0.29, 0.717) is 16.9 Å². The van der Waals surface area contributed by atoms with Gasteiger partial charge in [-0.05, 0) is 60.2 Å². The third-order valence-electron chi connectivity index (χ3n) is 4.32. The molecule has 0 spiro atoms. The Morgan fingerprint density at radius 3 is 2.36 bits per heavy atom. The van der Waals surface area contributed by atoms with E-state index >= 15 is 0 Å². The van der Waals surface area contributed by atoms with Crippen molar-refractivity contribution in [2.24, 2.45) is 5.10 Å². The Labute approximate surface area is 189 Å². The van der Waals surface area contributed by atoms with E-state index in [2.05, 4.69) is 15.8 Å². The molecule has 0 aliphatic heterocycles. The van der Waals surface area contributed by atoms with Crippen molar-refractivity contribution in [2.75, 3.05) is 13.7 Å². The number of amides is 2. The van der Waals surface area contributed by atoms with Gasteiger partial charge in [-0.1, -0.05) is 18.2 Å². The van der Waals surface area contributed by atoms with Crippen molar-refractivity contribution in [1.82, 2.24) is 10.7 Å². The maximum atomic E-state index is 12.9. The lowest BCUT2D eigenvalue weighted by Crippen LogP contribution is -2.34. The van der Waals surface area contributed by atoms with Crippen molar-refractivity contribution in [2.45, 2.75) is 0 Å². The Kier molecular flexibility index (Phi) is 7.85. The zero-order chi connectivity index (χ0) is 23.6. The number of ether oxygens (including phenoxy) is 2. The summed E-state index contributed by atoms with van der Waals surface area (Å²) in [6.07, 6.45) is 1.37. The highest BCUT2D eigenvalue weighted by molar-refractivity contribution is 5.96. The van der Waals surface area contributed by atoms with Gasteiger partial charge in [0.05, 0.1) is 25.4 Å². The molecule has 0 saturated carbocycles. The predicted molar refractivity (Wildman–Crippen MR) is 119 cm³/mol. The minimum absolute atomic E-state index is 0.229. The summed E-state index contributed by atoms with van der Waals surface area (Å²) in [4.78, 5) is 36.0. The van der Waals surface area contributed by atoms with Gasteiger partial charge >= 0.3 is 5.97 Å². The number of carbonyl (C=O) groups excluding carboxylic acids is 3. The van der Waals surface area contributed by atoms with Crippen LogP contribution < -0.4 is 20.2 Å². The fourth-order valence-corrected chi connectivity index (χ4v) is 2.66. The quantitative estimate of drug-likeness (QED) is 0.238. The monoisotopic (exact) mass is 449 g/mol. The molecule has 0 unspecified atom stereocenters. The van der Waals surface area contributed by atoms with Gasteiger partial charge in [-0.25, -0.2) is 14.6 Å². The molecule has 0 aliphatic carbocycles. The van der Waals surface area contributed by atoms with Gasteiger partial charge in [0, 0.05) is 5.56 Å². The average Bonchev–Trinajstić information content (AvgIpc) is 2.84. The summed E-state index contributed by atoms with van der Waals surface area (Å²) in [5.41, 5.74) is 3.49. The molecule has 0 heterocycles. The van der Waals surface area contributed by atoms with Gasteiger partial charge in [-0.2, -0.15) is 5.10 Å². The minimum Gasteiger partial charge on any atom is -0.493 e. The number of hydrazone groups is 1. The molecule has 3 aromatic rings. The molecule has 0 atom stereocenters. The van der Waals surface area contributed by atoms with Gasteiger partial charge < -0.3 is 14.8 Å². The third kappa shape index (κ3) is 6.73. The Hall–Kier alpha value is -4.53. The molecule has 0 fully saturated rings. The smallest absolute Gasteiger partial charge is 0.343 e. The van der Waals surface area contributed by atoms with Gasteiger partial charge in [-0.15, -0.1) is 0 Å². The van der Waals surface area contributed by atoms with Gasteiger partial charge in [0.25, 0.3) is 11.8 Å². The van der Waals surface area contributed by atoms with Crippen LogP contribution in [0, 0.1) is 5.82 Å². The number of esters is 1. The molecule has 0 bridgehead atoms. The van der Waals surface area contributed by atoms with Crippen molar-refractivity contribution < 1.29 is 28.2 Å². The summed E-state index contributed by atoms with van der Waals surface area (Å²) in [5.74, 6) is -1.51. The number of halogens is 1. The second-order valence-electron chi connectivity index (χ2n) is 6.65. The molecule has 9 heteroatoms. The number of rotatable bonds is 8. The lowest BCUT2D eigenvalue weighted by Gasteiger charge is -2.10. The first-order chi connectivity index (χ1) is 16.0. The Morgan fingerprint density at radius 2 is 1.67 bits per heavy atom. The fourth-order valence-electron chi connectivity index (χ4n) is 2.66. The Balaban J connectivity index is 1.53. The number of benzene rings is 3. The van der Waals surface area contributed by atoms with E-state index in [1.807, 2.05) is 0 Å². The number of carbonyl (C=O) groups is 3. The number of hydrogen-bond donors (Lipinski definition) is 2. The summed E-state index contributed by atoms with van der Waals surface area (Å²) in [5, 5.41) is 6.24. The van der Waals surface area contributed by atoms with E-state index in [1.165, 1.54) is 25.5 Å². The second-order valence-corrected chi connectivity index (χ2v) is 6.65. The average molecular weight is 449 g/mol. The summed E-state index contributed by atoms with van der Waals surface area (Å²) < 4.78 is 23.5. The SMILES string of the molecule is COc1cc(/C=N/NC(=O)CNC(=O)c2ccc(F)cc2)ccc1OC(=O)c1ccccc1. The molecular formula is C24H20FN3O5. The summed E-state index contributed by atoms with van der Waals surface area (Å²) >= 11 is 0. The van der Waals surface area contributed by atoms with Crippen LogP contribution in [0.5, 0.6) is 11.5 Å². The first-order valence-corrected chi connectivity index (χ1v) is 9.77. The molecule has 0 radical (unpaired) electrons. The van der Waals surface area contributed by atoms with Crippen LogP contribution in [0.3, 0.4) is 0 Å². The van der Waals surface area contributed by atoms with E-state index in [9.17, 15) is 18.8 Å². The van der Waals surface area contributed by atoms with Crippen LogP contribution in [-0.2, 0) is 4.79 Å². The number of nitrogens with one attached hydrogen (secondary N) is 2. The maximum Gasteiger partial charge on any atom is 0.343 e. The second kappa shape index (κ2) is 11.2. The molecule has 2 amide bonds. The topological polar surface area (TPSA) is 106 Å². The van der Waals surface area contributed by atoms with Crippen LogP contribution in [0.15, 0.2) is 77.9 Å². The molecule has 3 aromatic carbocycles. The molecule has 8 nitrogen and oxygen atoms in total. The molecule has 0 saturated heterocycles. The fraction of sp³-hybridized carbons (Fsp3) is 0.0833. The number of nitrogens with zero attached hydrogens (tertiary/aromatic N) is 1. The molecule has 3 rings (SSSR count). The lowest BCUT2D eigenvalue weighted by atomic mass is 10.2. The summed E-state index contributed by atoms with van der Waals surface area (Å²) in [7, 11) is 1.43. The largest absolute Gasteiger partial charge is 0.493 e. The molecular weight excluding hydrogens is 429 g/mol. The highest BCUT2D eigenvalue weighted by Gasteiger charge is 2.12. The molecule has 168 valence electrons. The number of hydrogen-bond acceptors (Lipinski definition) is 6. The predicted octanol–water partition coefficient (Wildman–Crippen LogP) is 2.93. The van der Waals surface area contributed by atoms with Crippen LogP contribution >= 0.6 is 0 Å². The Bertz CT molecular complexity index is 1160. The standard InChI is InChI=1S/C24H20FN3O5/c1-32-21-13-16(7-12-20(21)33-24(31)18-5-3-2-4-6-18)14-27-28-22(29)15-26-23(30)17-8-10-19(25)11-9-17/h2-14H,15H2,1H3,(H,26,30)(H,28,29)/b27-14+. The highest BCUT2D eigenvalue weighted by Crippen LogP contribution is 2.28. The number of methoxy groups -OCH3 is 1. The highest BCUT2D eigenvalue weighted by atomic mass is 19.1. The lowest BCUT2D eigenvalue weighted by molar-refractivity contribution is -0.120. The van der Waals surface area contributed by atoms with Crippen LogP contribution in [0.25, 0.3) is 0 Å². The minimum atomic E-state index is -0.554.